The van der Waals surface area contributed by atoms with E-state index in [1.807, 2.05) is 0 Å². The third-order valence-corrected chi connectivity index (χ3v) is 5.05. The van der Waals surface area contributed by atoms with Crippen LogP contribution < -0.4 is 4.72 Å². The zero-order valence-electron chi connectivity index (χ0n) is 12.0. The average Bonchev–Trinajstić information content (AvgIpc) is 2.49. The number of hydrogen-bond donors (Lipinski definition) is 2. The van der Waals surface area contributed by atoms with Crippen molar-refractivity contribution >= 4 is 21.9 Å². The van der Waals surface area contributed by atoms with E-state index in [4.69, 9.17) is 9.84 Å². The second-order valence-electron chi connectivity index (χ2n) is 4.94. The van der Waals surface area contributed by atoms with E-state index in [0.717, 1.165) is 18.2 Å². The van der Waals surface area contributed by atoms with E-state index in [1.165, 1.54) is 4.31 Å². The largest absolute Gasteiger partial charge is 0.478 e. The number of ether oxygens (including phenoxy) is 1. The number of carbonyl (C=O) groups is 1. The Balaban J connectivity index is 2.11. The third kappa shape index (κ3) is 3.73. The minimum absolute atomic E-state index is 0.0260. The van der Waals surface area contributed by atoms with Gasteiger partial charge in [0.05, 0.1) is 17.4 Å². The number of benzene rings is 1. The van der Waals surface area contributed by atoms with E-state index >= 15 is 0 Å². The van der Waals surface area contributed by atoms with Crippen molar-refractivity contribution in [2.24, 2.45) is 0 Å². The first-order valence-electron chi connectivity index (χ1n) is 6.67. The fourth-order valence-electron chi connectivity index (χ4n) is 2.24. The van der Waals surface area contributed by atoms with Crippen LogP contribution in [0.25, 0.3) is 0 Å². The lowest BCUT2D eigenvalue weighted by molar-refractivity contribution is 0.0605. The predicted molar refractivity (Wildman–Crippen MR) is 77.5 cm³/mol. The molecule has 0 radical (unpaired) electrons. The molecule has 1 aromatic rings. The second-order valence-corrected chi connectivity index (χ2v) is 6.61. The standard InChI is InChI=1S/C13H17FN2O5S/c1-21-10-4-6-16(7-5-10)22(19,20)15-12-3-2-9(13(17)18)8-11(12)14/h2-3,8,10,15H,4-7H2,1H3,(H,17,18). The number of hydrogen-bond acceptors (Lipinski definition) is 4. The Morgan fingerprint density at radius 3 is 2.55 bits per heavy atom. The van der Waals surface area contributed by atoms with Gasteiger partial charge in [-0.1, -0.05) is 0 Å². The quantitative estimate of drug-likeness (QED) is 0.847. The predicted octanol–water partition coefficient (Wildman–Crippen LogP) is 1.29. The van der Waals surface area contributed by atoms with Crippen LogP contribution in [0.3, 0.4) is 0 Å². The lowest BCUT2D eigenvalue weighted by Crippen LogP contribution is -2.43. The zero-order valence-corrected chi connectivity index (χ0v) is 12.8. The Morgan fingerprint density at radius 2 is 2.05 bits per heavy atom. The second kappa shape index (κ2) is 6.59. The fourth-order valence-corrected chi connectivity index (χ4v) is 3.51. The van der Waals surface area contributed by atoms with Gasteiger partial charge in [0.15, 0.2) is 0 Å². The summed E-state index contributed by atoms with van der Waals surface area (Å²) in [6, 6.07) is 3.01. The lowest BCUT2D eigenvalue weighted by atomic mass is 10.1. The molecule has 0 aliphatic carbocycles. The molecule has 1 heterocycles. The van der Waals surface area contributed by atoms with Crippen molar-refractivity contribution in [3.8, 4) is 0 Å². The number of carboxylic acids is 1. The summed E-state index contributed by atoms with van der Waals surface area (Å²) in [5.41, 5.74) is -0.528. The molecule has 22 heavy (non-hydrogen) atoms. The molecule has 9 heteroatoms. The summed E-state index contributed by atoms with van der Waals surface area (Å²) in [7, 11) is -2.31. The van der Waals surface area contributed by atoms with Gasteiger partial charge in [-0.05, 0) is 31.0 Å². The van der Waals surface area contributed by atoms with E-state index in [0.29, 0.717) is 12.8 Å². The van der Waals surface area contributed by atoms with E-state index in [2.05, 4.69) is 4.72 Å². The van der Waals surface area contributed by atoms with Gasteiger partial charge in [0.25, 0.3) is 0 Å². The number of piperidine rings is 1. The van der Waals surface area contributed by atoms with Gasteiger partial charge in [-0.3, -0.25) is 4.72 Å². The van der Waals surface area contributed by atoms with Gasteiger partial charge < -0.3 is 9.84 Å². The van der Waals surface area contributed by atoms with Crippen molar-refractivity contribution in [2.75, 3.05) is 24.9 Å². The van der Waals surface area contributed by atoms with E-state index in [-0.39, 0.29) is 30.4 Å². The van der Waals surface area contributed by atoms with Gasteiger partial charge in [-0.25, -0.2) is 9.18 Å². The molecule has 0 aromatic heterocycles. The summed E-state index contributed by atoms with van der Waals surface area (Å²) in [4.78, 5) is 10.7. The van der Waals surface area contributed by atoms with Gasteiger partial charge in [0.2, 0.25) is 0 Å². The SMILES string of the molecule is COC1CCN(S(=O)(=O)Nc2ccc(C(=O)O)cc2F)CC1. The number of nitrogens with one attached hydrogen (secondary N) is 1. The number of methoxy groups -OCH3 is 1. The van der Waals surface area contributed by atoms with Gasteiger partial charge in [0.1, 0.15) is 5.82 Å². The molecule has 0 unspecified atom stereocenters. The van der Waals surface area contributed by atoms with Crippen LogP contribution >= 0.6 is 0 Å². The van der Waals surface area contributed by atoms with Crippen LogP contribution in [0.5, 0.6) is 0 Å². The number of aromatic carboxylic acids is 1. The molecule has 1 fully saturated rings. The lowest BCUT2D eigenvalue weighted by Gasteiger charge is -2.30. The summed E-state index contributed by atoms with van der Waals surface area (Å²) in [6.45, 7) is 0.561. The molecule has 1 aromatic carbocycles. The molecule has 0 bridgehead atoms. The van der Waals surface area contributed by atoms with Crippen LogP contribution in [0.4, 0.5) is 10.1 Å². The smallest absolute Gasteiger partial charge is 0.335 e. The highest BCUT2D eigenvalue weighted by Gasteiger charge is 2.28. The van der Waals surface area contributed by atoms with Crippen LogP contribution in [-0.4, -0.2) is 50.1 Å². The molecular weight excluding hydrogens is 315 g/mol. The maximum Gasteiger partial charge on any atom is 0.335 e. The molecule has 7 nitrogen and oxygen atoms in total. The highest BCUT2D eigenvalue weighted by molar-refractivity contribution is 7.90. The highest BCUT2D eigenvalue weighted by atomic mass is 32.2. The van der Waals surface area contributed by atoms with Crippen molar-refractivity contribution in [3.63, 3.8) is 0 Å². The van der Waals surface area contributed by atoms with Crippen molar-refractivity contribution in [2.45, 2.75) is 18.9 Å². The van der Waals surface area contributed by atoms with Crippen molar-refractivity contribution in [3.05, 3.63) is 29.6 Å². The fraction of sp³-hybridized carbons (Fsp3) is 0.462. The first kappa shape index (κ1) is 16.7. The van der Waals surface area contributed by atoms with Gasteiger partial charge in [-0.15, -0.1) is 0 Å². The molecule has 2 N–H and O–H groups in total. The minimum atomic E-state index is -3.88. The zero-order chi connectivity index (χ0) is 16.3. The van der Waals surface area contributed by atoms with E-state index in [1.54, 1.807) is 7.11 Å². The molecule has 0 saturated carbocycles. The van der Waals surface area contributed by atoms with Crippen molar-refractivity contribution in [1.29, 1.82) is 0 Å². The average molecular weight is 332 g/mol. The Labute approximate surface area is 127 Å². The van der Waals surface area contributed by atoms with Crippen molar-refractivity contribution in [1.82, 2.24) is 4.31 Å². The molecule has 1 aliphatic rings. The first-order chi connectivity index (χ1) is 10.3. The number of halogens is 1. The van der Waals surface area contributed by atoms with Crippen LogP contribution in [0.1, 0.15) is 23.2 Å². The molecule has 1 saturated heterocycles. The number of anilines is 1. The Kier molecular flexibility index (Phi) is 4.99. The topological polar surface area (TPSA) is 95.9 Å². The molecule has 2 rings (SSSR count). The molecule has 122 valence electrons. The van der Waals surface area contributed by atoms with Crippen LogP contribution in [0.2, 0.25) is 0 Å². The summed E-state index contributed by atoms with van der Waals surface area (Å²) < 4.78 is 46.7. The third-order valence-electron chi connectivity index (χ3n) is 3.53. The number of rotatable bonds is 5. The Bertz CT molecular complexity index is 656. The van der Waals surface area contributed by atoms with Crippen LogP contribution in [0.15, 0.2) is 18.2 Å². The Morgan fingerprint density at radius 1 is 1.41 bits per heavy atom. The monoisotopic (exact) mass is 332 g/mol. The molecule has 0 amide bonds. The maximum atomic E-state index is 13.8. The highest BCUT2D eigenvalue weighted by Crippen LogP contribution is 2.21. The first-order valence-corrected chi connectivity index (χ1v) is 8.11. The van der Waals surface area contributed by atoms with Gasteiger partial charge in [0, 0.05) is 20.2 Å². The van der Waals surface area contributed by atoms with Gasteiger partial charge >= 0.3 is 16.2 Å². The Hall–Kier alpha value is -1.71. The van der Waals surface area contributed by atoms with Crippen molar-refractivity contribution < 1.29 is 27.4 Å². The summed E-state index contributed by atoms with van der Waals surface area (Å²) in [5.74, 6) is -2.22. The normalized spacial score (nSPS) is 17.4. The van der Waals surface area contributed by atoms with E-state index < -0.39 is 22.0 Å². The minimum Gasteiger partial charge on any atom is -0.478 e. The van der Waals surface area contributed by atoms with Gasteiger partial charge in [-0.2, -0.15) is 12.7 Å². The van der Waals surface area contributed by atoms with Crippen LogP contribution in [0, 0.1) is 5.82 Å². The number of nitrogens with zero attached hydrogens (tertiary/aromatic N) is 1. The maximum absolute atomic E-state index is 13.8. The molecule has 0 atom stereocenters. The summed E-state index contributed by atoms with van der Waals surface area (Å²) >= 11 is 0. The van der Waals surface area contributed by atoms with E-state index in [9.17, 15) is 17.6 Å². The summed E-state index contributed by atoms with van der Waals surface area (Å²) in [6.07, 6.45) is 1.16. The molecular formula is C13H17FN2O5S. The summed E-state index contributed by atoms with van der Waals surface area (Å²) in [5, 5.41) is 8.76. The number of carboxylic acid groups (broad SMARTS) is 1. The molecule has 1 aliphatic heterocycles. The molecule has 0 spiro atoms. The van der Waals surface area contributed by atoms with Crippen LogP contribution in [-0.2, 0) is 14.9 Å².